The van der Waals surface area contributed by atoms with Gasteiger partial charge in [-0.05, 0) is 36.1 Å². The van der Waals surface area contributed by atoms with E-state index in [1.807, 2.05) is 25.1 Å². The highest BCUT2D eigenvalue weighted by molar-refractivity contribution is 6.62. The van der Waals surface area contributed by atoms with Gasteiger partial charge in [-0.2, -0.15) is 0 Å². The number of carbonyl (C=O) groups excluding carboxylic acids is 1. The number of amides is 1. The third kappa shape index (κ3) is 1.98. The summed E-state index contributed by atoms with van der Waals surface area (Å²) < 4.78 is 0. The second kappa shape index (κ2) is 4.21. The Bertz CT molecular complexity index is 381. The second-order valence-corrected chi connectivity index (χ2v) is 3.86. The van der Waals surface area contributed by atoms with E-state index < -0.39 is 5.37 Å². The molecule has 1 heterocycles. The molecule has 80 valence electrons. The van der Waals surface area contributed by atoms with Crippen molar-refractivity contribution in [3.63, 3.8) is 0 Å². The molecule has 0 saturated heterocycles. The van der Waals surface area contributed by atoms with Crippen LogP contribution in [0, 0.1) is 0 Å². The van der Waals surface area contributed by atoms with E-state index in [9.17, 15) is 4.79 Å². The van der Waals surface area contributed by atoms with E-state index in [-0.39, 0.29) is 6.04 Å². The number of benzene rings is 1. The molecule has 0 aliphatic carbocycles. The maximum absolute atomic E-state index is 11.1. The van der Waals surface area contributed by atoms with Crippen molar-refractivity contribution in [2.45, 2.75) is 19.4 Å². The molecule has 1 aromatic carbocycles. The molecule has 0 bridgehead atoms. The Morgan fingerprint density at radius 2 is 2.27 bits per heavy atom. The van der Waals surface area contributed by atoms with Crippen LogP contribution in [0.2, 0.25) is 0 Å². The highest BCUT2D eigenvalue weighted by atomic mass is 35.5. The summed E-state index contributed by atoms with van der Waals surface area (Å²) in [7, 11) is 0. The van der Waals surface area contributed by atoms with Crippen molar-refractivity contribution in [2.24, 2.45) is 0 Å². The summed E-state index contributed by atoms with van der Waals surface area (Å²) in [4.78, 5) is 16.4. The molecule has 0 saturated carbocycles. The van der Waals surface area contributed by atoms with Crippen LogP contribution in [-0.2, 0) is 11.3 Å². The van der Waals surface area contributed by atoms with Gasteiger partial charge in [0.15, 0.2) is 0 Å². The number of fused-ring (bicyclic) bond motifs is 1. The summed E-state index contributed by atoms with van der Waals surface area (Å²) in [6.45, 7) is 2.39. The maximum Gasteiger partial charge on any atom is 0.340 e. The van der Waals surface area contributed by atoms with Crippen molar-refractivity contribution in [2.75, 3.05) is 6.61 Å². The third-order valence-electron chi connectivity index (χ3n) is 2.63. The minimum absolute atomic E-state index is 0.131. The van der Waals surface area contributed by atoms with E-state index in [0.29, 0.717) is 6.61 Å². The fourth-order valence-electron chi connectivity index (χ4n) is 1.86. The van der Waals surface area contributed by atoms with Crippen molar-refractivity contribution in [1.29, 1.82) is 0 Å². The van der Waals surface area contributed by atoms with E-state index >= 15 is 0 Å². The Labute approximate surface area is 93.5 Å². The van der Waals surface area contributed by atoms with E-state index in [1.54, 1.807) is 0 Å². The van der Waals surface area contributed by atoms with Gasteiger partial charge in [-0.1, -0.05) is 24.3 Å². The molecule has 0 aromatic heterocycles. The first-order valence-corrected chi connectivity index (χ1v) is 5.27. The smallest absolute Gasteiger partial charge is 0.269 e. The number of halogens is 1. The van der Waals surface area contributed by atoms with Gasteiger partial charge in [-0.15, -0.1) is 0 Å². The molecule has 0 fully saturated rings. The standard InChI is InChI=1S/C11H12ClNO2/c1-8-10-5-3-2-4-9(10)6-7-15-13(8)11(12)14/h2-5,8H,6-7H2,1H3. The average Bonchev–Trinajstić information content (AvgIpc) is 2.39. The number of hydrogen-bond acceptors (Lipinski definition) is 2. The molecule has 1 aliphatic heterocycles. The number of nitrogens with zero attached hydrogens (tertiary/aromatic N) is 1. The number of hydrogen-bond donors (Lipinski definition) is 0. The van der Waals surface area contributed by atoms with Crippen LogP contribution in [0.25, 0.3) is 0 Å². The monoisotopic (exact) mass is 225 g/mol. The number of hydroxylamine groups is 2. The molecule has 1 atom stereocenters. The molecule has 4 heteroatoms. The summed E-state index contributed by atoms with van der Waals surface area (Å²) in [6, 6.07) is 7.87. The number of carbonyl (C=O) groups is 1. The molecule has 0 radical (unpaired) electrons. The Morgan fingerprint density at radius 1 is 1.53 bits per heavy atom. The first-order chi connectivity index (χ1) is 7.20. The van der Waals surface area contributed by atoms with Crippen LogP contribution in [0.5, 0.6) is 0 Å². The van der Waals surface area contributed by atoms with Crippen LogP contribution in [0.4, 0.5) is 4.79 Å². The molecular weight excluding hydrogens is 214 g/mol. The SMILES string of the molecule is CC1c2ccccc2CCON1C(=O)Cl. The van der Waals surface area contributed by atoms with Crippen LogP contribution in [0.15, 0.2) is 24.3 Å². The molecule has 1 aliphatic rings. The van der Waals surface area contributed by atoms with Crippen LogP contribution < -0.4 is 0 Å². The van der Waals surface area contributed by atoms with E-state index in [0.717, 1.165) is 12.0 Å². The lowest BCUT2D eigenvalue weighted by Crippen LogP contribution is -2.28. The van der Waals surface area contributed by atoms with Crippen LogP contribution in [-0.4, -0.2) is 17.0 Å². The van der Waals surface area contributed by atoms with E-state index in [4.69, 9.17) is 16.4 Å². The second-order valence-electron chi connectivity index (χ2n) is 3.54. The van der Waals surface area contributed by atoms with Gasteiger partial charge < -0.3 is 0 Å². The van der Waals surface area contributed by atoms with Crippen LogP contribution in [0.3, 0.4) is 0 Å². The molecule has 15 heavy (non-hydrogen) atoms. The van der Waals surface area contributed by atoms with Gasteiger partial charge in [0, 0.05) is 0 Å². The average molecular weight is 226 g/mol. The Kier molecular flexibility index (Phi) is 2.93. The van der Waals surface area contributed by atoms with Crippen molar-refractivity contribution in [1.82, 2.24) is 5.06 Å². The lowest BCUT2D eigenvalue weighted by atomic mass is 10.00. The Balaban J connectivity index is 2.38. The fraction of sp³-hybridized carbons (Fsp3) is 0.364. The molecule has 0 N–H and O–H groups in total. The van der Waals surface area contributed by atoms with Crippen LogP contribution >= 0.6 is 11.6 Å². The quantitative estimate of drug-likeness (QED) is 0.502. The Morgan fingerprint density at radius 3 is 3.00 bits per heavy atom. The summed E-state index contributed by atoms with van der Waals surface area (Å²) in [5.41, 5.74) is 2.31. The molecule has 1 aromatic rings. The van der Waals surface area contributed by atoms with Gasteiger partial charge in [0.2, 0.25) is 0 Å². The van der Waals surface area contributed by atoms with E-state index in [2.05, 4.69) is 6.07 Å². The number of rotatable bonds is 0. The Hall–Kier alpha value is -1.06. The largest absolute Gasteiger partial charge is 0.340 e. The highest BCUT2D eigenvalue weighted by Gasteiger charge is 2.25. The predicted molar refractivity (Wildman–Crippen MR) is 57.6 cm³/mol. The normalized spacial score (nSPS) is 20.7. The molecule has 1 amide bonds. The first-order valence-electron chi connectivity index (χ1n) is 4.89. The predicted octanol–water partition coefficient (Wildman–Crippen LogP) is 2.90. The van der Waals surface area contributed by atoms with Gasteiger partial charge in [-0.3, -0.25) is 9.63 Å². The van der Waals surface area contributed by atoms with Crippen molar-refractivity contribution in [3.05, 3.63) is 35.4 Å². The summed E-state index contributed by atoms with van der Waals surface area (Å²) in [5, 5.41) is 0.659. The van der Waals surface area contributed by atoms with Crippen molar-refractivity contribution in [3.8, 4) is 0 Å². The van der Waals surface area contributed by atoms with Gasteiger partial charge in [0.05, 0.1) is 12.6 Å². The van der Waals surface area contributed by atoms with Crippen LogP contribution in [0.1, 0.15) is 24.1 Å². The van der Waals surface area contributed by atoms with Crippen molar-refractivity contribution < 1.29 is 9.63 Å². The zero-order valence-corrected chi connectivity index (χ0v) is 9.20. The molecule has 0 spiro atoms. The van der Waals surface area contributed by atoms with Gasteiger partial charge in [0.1, 0.15) is 0 Å². The summed E-state index contributed by atoms with van der Waals surface area (Å²) in [5.74, 6) is 0. The zero-order chi connectivity index (χ0) is 10.8. The van der Waals surface area contributed by atoms with Crippen molar-refractivity contribution >= 4 is 17.0 Å². The zero-order valence-electron chi connectivity index (χ0n) is 8.44. The minimum Gasteiger partial charge on any atom is -0.269 e. The molecule has 3 nitrogen and oxygen atoms in total. The van der Waals surface area contributed by atoms with E-state index in [1.165, 1.54) is 10.6 Å². The van der Waals surface area contributed by atoms with Gasteiger partial charge in [-0.25, -0.2) is 5.06 Å². The maximum atomic E-state index is 11.1. The third-order valence-corrected chi connectivity index (χ3v) is 2.80. The highest BCUT2D eigenvalue weighted by Crippen LogP contribution is 2.28. The first kappa shape index (κ1) is 10.5. The summed E-state index contributed by atoms with van der Waals surface area (Å²) in [6.07, 6.45) is 0.807. The minimum atomic E-state index is -0.570. The molecular formula is C11H12ClNO2. The summed E-state index contributed by atoms with van der Waals surface area (Å²) >= 11 is 5.45. The lowest BCUT2D eigenvalue weighted by Gasteiger charge is -2.23. The molecule has 2 rings (SSSR count). The topological polar surface area (TPSA) is 29.5 Å². The van der Waals surface area contributed by atoms with Gasteiger partial charge >= 0.3 is 5.37 Å². The lowest BCUT2D eigenvalue weighted by molar-refractivity contribution is -0.129. The van der Waals surface area contributed by atoms with Gasteiger partial charge in [0.25, 0.3) is 0 Å². The fourth-order valence-corrected chi connectivity index (χ4v) is 2.06. The molecule has 1 unspecified atom stereocenters.